The Hall–Kier alpha value is -4.48. The number of rotatable bonds is 5. The van der Waals surface area contributed by atoms with Crippen LogP contribution in [0.3, 0.4) is 0 Å². The van der Waals surface area contributed by atoms with Gasteiger partial charge in [0.25, 0.3) is 5.91 Å². The van der Waals surface area contributed by atoms with Gasteiger partial charge in [0.1, 0.15) is 6.54 Å². The van der Waals surface area contributed by atoms with Crippen molar-refractivity contribution >= 4 is 44.6 Å². The first-order valence-electron chi connectivity index (χ1n) is 15.3. The predicted octanol–water partition coefficient (Wildman–Crippen LogP) is 5.13. The maximum atomic E-state index is 13.5. The summed E-state index contributed by atoms with van der Waals surface area (Å²) in [6, 6.07) is 18.1. The molecule has 2 amide bonds. The van der Waals surface area contributed by atoms with E-state index in [0.717, 1.165) is 64.7 Å². The second kappa shape index (κ2) is 11.5. The molecule has 0 spiro atoms. The monoisotopic (exact) mass is 626 g/mol. The summed E-state index contributed by atoms with van der Waals surface area (Å²) < 4.78 is 37.1. The first kappa shape index (κ1) is 29.2. The zero-order valence-corrected chi connectivity index (χ0v) is 25.8. The summed E-state index contributed by atoms with van der Waals surface area (Å²) in [6.45, 7) is 0.316. The van der Waals surface area contributed by atoms with Crippen molar-refractivity contribution in [3.63, 3.8) is 0 Å². The third kappa shape index (κ3) is 5.29. The van der Waals surface area contributed by atoms with Gasteiger partial charge in [-0.25, -0.2) is 9.52 Å². The third-order valence-corrected chi connectivity index (χ3v) is 10.7. The van der Waals surface area contributed by atoms with Crippen molar-refractivity contribution in [1.29, 1.82) is 0 Å². The minimum atomic E-state index is -4.17. The number of carbonyl (C=O) groups excluding carboxylic acids is 3. The van der Waals surface area contributed by atoms with Gasteiger partial charge in [-0.3, -0.25) is 9.59 Å². The Kier molecular flexibility index (Phi) is 7.45. The van der Waals surface area contributed by atoms with Crippen LogP contribution in [0.5, 0.6) is 0 Å². The van der Waals surface area contributed by atoms with Crippen LogP contribution in [0.15, 0.2) is 60.7 Å². The predicted molar refractivity (Wildman–Crippen MR) is 170 cm³/mol. The number of amides is 2. The topological polar surface area (TPSA) is 127 Å². The Morgan fingerprint density at radius 3 is 2.51 bits per heavy atom. The molecule has 3 aromatic carbocycles. The fraction of sp³-hybridized carbons (Fsp3) is 0.324. The van der Waals surface area contributed by atoms with Crippen LogP contribution in [0.2, 0.25) is 0 Å². The lowest BCUT2D eigenvalue weighted by Crippen LogP contribution is -2.45. The molecule has 2 aliphatic heterocycles. The van der Waals surface area contributed by atoms with Gasteiger partial charge in [0.2, 0.25) is 5.91 Å². The van der Waals surface area contributed by atoms with E-state index in [2.05, 4.69) is 10.0 Å². The molecule has 0 atom stereocenters. The van der Waals surface area contributed by atoms with E-state index < -0.39 is 22.1 Å². The summed E-state index contributed by atoms with van der Waals surface area (Å²) in [5.41, 5.74) is 6.84. The Morgan fingerprint density at radius 1 is 0.933 bits per heavy atom. The molecule has 1 aromatic heterocycles. The highest BCUT2D eigenvalue weighted by atomic mass is 32.2. The lowest BCUT2D eigenvalue weighted by atomic mass is 9.81. The maximum absolute atomic E-state index is 13.5. The fourth-order valence-corrected chi connectivity index (χ4v) is 8.25. The summed E-state index contributed by atoms with van der Waals surface area (Å²) in [6.07, 6.45) is 5.99. The number of para-hydroxylation sites is 1. The maximum Gasteiger partial charge on any atom is 0.337 e. The van der Waals surface area contributed by atoms with Crippen LogP contribution < -0.4 is 10.0 Å². The van der Waals surface area contributed by atoms with Gasteiger partial charge in [0.05, 0.1) is 29.6 Å². The molecule has 0 bridgehead atoms. The zero-order valence-electron chi connectivity index (χ0n) is 25.0. The third-order valence-electron chi connectivity index (χ3n) is 9.30. The van der Waals surface area contributed by atoms with Crippen molar-refractivity contribution in [2.24, 2.45) is 0 Å². The Bertz CT molecular complexity index is 1980. The highest BCUT2D eigenvalue weighted by Gasteiger charge is 2.32. The number of nitrogens with one attached hydrogen (secondary N) is 2. The van der Waals surface area contributed by atoms with Crippen LogP contribution >= 0.6 is 0 Å². The molecule has 0 saturated heterocycles. The summed E-state index contributed by atoms with van der Waals surface area (Å²) in [7, 11) is -2.86. The molecule has 2 N–H and O–H groups in total. The van der Waals surface area contributed by atoms with Gasteiger partial charge in [-0.1, -0.05) is 49.6 Å². The SMILES string of the molecule is COC(=O)c1ccc2c(c1)CCN(S(=O)(=O)NC(=O)c1ccc3c(C4CCCCC4)c4n(c3c1)CC(=O)Nc1ccccc1-4)C2. The Balaban J connectivity index is 1.22. The number of esters is 1. The number of hydrogen-bond acceptors (Lipinski definition) is 6. The van der Waals surface area contributed by atoms with Gasteiger partial charge in [-0.15, -0.1) is 0 Å². The van der Waals surface area contributed by atoms with Crippen LogP contribution in [0.1, 0.15) is 75.4 Å². The molecule has 45 heavy (non-hydrogen) atoms. The highest BCUT2D eigenvalue weighted by molar-refractivity contribution is 7.87. The Morgan fingerprint density at radius 2 is 1.71 bits per heavy atom. The summed E-state index contributed by atoms with van der Waals surface area (Å²) in [5.74, 6) is -1.02. The molecule has 1 aliphatic carbocycles. The van der Waals surface area contributed by atoms with E-state index in [1.807, 2.05) is 34.9 Å². The molecule has 1 saturated carbocycles. The number of benzene rings is 3. The molecule has 4 aromatic rings. The number of nitrogens with zero attached hydrogens (tertiary/aromatic N) is 2. The molecule has 232 valence electrons. The number of anilines is 1. The number of ether oxygens (including phenoxy) is 1. The molecule has 0 radical (unpaired) electrons. The smallest absolute Gasteiger partial charge is 0.337 e. The number of hydrogen-bond donors (Lipinski definition) is 2. The van der Waals surface area contributed by atoms with Crippen LogP contribution in [-0.4, -0.2) is 48.7 Å². The van der Waals surface area contributed by atoms with Gasteiger partial charge in [0, 0.05) is 29.6 Å². The molecular formula is C34H34N4O6S. The number of carbonyl (C=O) groups is 3. The number of fused-ring (bicyclic) bond motifs is 6. The minimum absolute atomic E-state index is 0.0733. The summed E-state index contributed by atoms with van der Waals surface area (Å²) >= 11 is 0. The van der Waals surface area contributed by atoms with E-state index in [1.165, 1.54) is 23.4 Å². The van der Waals surface area contributed by atoms with Crippen molar-refractivity contribution < 1.29 is 27.5 Å². The van der Waals surface area contributed by atoms with E-state index in [9.17, 15) is 22.8 Å². The van der Waals surface area contributed by atoms with Crippen LogP contribution in [-0.2, 0) is 39.3 Å². The van der Waals surface area contributed by atoms with E-state index >= 15 is 0 Å². The van der Waals surface area contributed by atoms with Gasteiger partial charge in [0.15, 0.2) is 0 Å². The molecular weight excluding hydrogens is 592 g/mol. The average Bonchev–Trinajstić information content (AvgIpc) is 3.28. The van der Waals surface area contributed by atoms with Gasteiger partial charge in [-0.2, -0.15) is 12.7 Å². The fourth-order valence-electron chi connectivity index (χ4n) is 7.13. The molecule has 1 fully saturated rings. The van der Waals surface area contributed by atoms with Crippen LogP contribution in [0, 0.1) is 0 Å². The second-order valence-electron chi connectivity index (χ2n) is 12.0. The zero-order chi connectivity index (χ0) is 31.3. The molecule has 10 nitrogen and oxygen atoms in total. The van der Waals surface area contributed by atoms with Crippen molar-refractivity contribution in [2.75, 3.05) is 19.0 Å². The molecule has 7 rings (SSSR count). The van der Waals surface area contributed by atoms with Crippen molar-refractivity contribution in [3.05, 3.63) is 88.5 Å². The van der Waals surface area contributed by atoms with Crippen LogP contribution in [0.4, 0.5) is 5.69 Å². The summed E-state index contributed by atoms with van der Waals surface area (Å²) in [5, 5.41) is 4.01. The largest absolute Gasteiger partial charge is 0.465 e. The first-order valence-corrected chi connectivity index (χ1v) is 16.7. The number of methoxy groups -OCH3 is 1. The standard InChI is InChI=1S/C34H34N4O6S/c1-44-34(41)24-11-12-25-19-37(16-15-22(25)17-24)45(42,43)36-33(40)23-13-14-27-29(18-23)38-20-30(39)35-28-10-6-5-9-26(28)32(38)31(27)21-7-3-2-4-8-21/h5-6,9-14,17-18,21H,2-4,7-8,15-16,19-20H2,1H3,(H,35,39)(H,36,40). The lowest BCUT2D eigenvalue weighted by Gasteiger charge is -2.28. The van der Waals surface area contributed by atoms with E-state index in [4.69, 9.17) is 4.74 Å². The average molecular weight is 627 g/mol. The Labute approximate surface area is 261 Å². The van der Waals surface area contributed by atoms with Gasteiger partial charge in [-0.05, 0) is 72.2 Å². The second-order valence-corrected chi connectivity index (χ2v) is 13.7. The molecule has 11 heteroatoms. The van der Waals surface area contributed by atoms with E-state index in [0.29, 0.717) is 17.9 Å². The molecule has 3 aliphatic rings. The highest BCUT2D eigenvalue weighted by Crippen LogP contribution is 2.46. The van der Waals surface area contributed by atoms with Crippen molar-refractivity contribution in [1.82, 2.24) is 13.6 Å². The van der Waals surface area contributed by atoms with Gasteiger partial charge < -0.3 is 14.6 Å². The minimum Gasteiger partial charge on any atom is -0.465 e. The lowest BCUT2D eigenvalue weighted by molar-refractivity contribution is -0.116. The summed E-state index contributed by atoms with van der Waals surface area (Å²) in [4.78, 5) is 38.5. The quantitative estimate of drug-likeness (QED) is 0.296. The van der Waals surface area contributed by atoms with Crippen molar-refractivity contribution in [2.45, 2.75) is 57.5 Å². The van der Waals surface area contributed by atoms with E-state index in [-0.39, 0.29) is 31.1 Å². The van der Waals surface area contributed by atoms with Crippen LogP contribution in [0.25, 0.3) is 22.2 Å². The van der Waals surface area contributed by atoms with Crippen molar-refractivity contribution in [3.8, 4) is 11.3 Å². The van der Waals surface area contributed by atoms with Gasteiger partial charge >= 0.3 is 16.2 Å². The molecule has 0 unspecified atom stereocenters. The molecule has 3 heterocycles. The normalized spacial score (nSPS) is 17.0. The number of aromatic nitrogens is 1. The van der Waals surface area contributed by atoms with E-state index in [1.54, 1.807) is 30.3 Å². The first-order chi connectivity index (χ1) is 21.7.